The molecule has 0 radical (unpaired) electrons. The molecule has 1 unspecified atom stereocenters. The summed E-state index contributed by atoms with van der Waals surface area (Å²) >= 11 is 0. The molecule has 1 aliphatic rings. The Morgan fingerprint density at radius 1 is 1.04 bits per heavy atom. The zero-order valence-electron chi connectivity index (χ0n) is 12.7. The first-order valence-corrected chi connectivity index (χ1v) is 7.62. The fourth-order valence-corrected chi connectivity index (χ4v) is 2.64. The molecule has 1 heterocycles. The van der Waals surface area contributed by atoms with Crippen molar-refractivity contribution in [1.82, 2.24) is 0 Å². The van der Waals surface area contributed by atoms with Gasteiger partial charge in [0.25, 0.3) is 0 Å². The van der Waals surface area contributed by atoms with Crippen LogP contribution in [-0.4, -0.2) is 6.10 Å². The van der Waals surface area contributed by atoms with Gasteiger partial charge in [-0.3, -0.25) is 0 Å². The molecule has 0 N–H and O–H groups in total. The van der Waals surface area contributed by atoms with Crippen LogP contribution in [0.25, 0.3) is 17.2 Å². The summed E-state index contributed by atoms with van der Waals surface area (Å²) in [6.07, 6.45) is 1.75. The summed E-state index contributed by atoms with van der Waals surface area (Å²) in [7, 11) is 0. The molecule has 0 spiro atoms. The third kappa shape index (κ3) is 3.41. The molecule has 0 amide bonds. The van der Waals surface area contributed by atoms with Crippen LogP contribution in [-0.2, 0) is 6.18 Å². The highest BCUT2D eigenvalue weighted by Crippen LogP contribution is 2.33. The van der Waals surface area contributed by atoms with Gasteiger partial charge in [0.2, 0.25) is 0 Å². The lowest BCUT2D eigenvalue weighted by Crippen LogP contribution is -2.13. The second kappa shape index (κ2) is 6.11. The van der Waals surface area contributed by atoms with Gasteiger partial charge in [-0.15, -0.1) is 0 Å². The Balaban J connectivity index is 1.91. The van der Waals surface area contributed by atoms with Crippen molar-refractivity contribution in [3.8, 4) is 16.9 Å². The Morgan fingerprint density at radius 2 is 1.74 bits per heavy atom. The second-order valence-corrected chi connectivity index (χ2v) is 5.61. The quantitative estimate of drug-likeness (QED) is 0.665. The van der Waals surface area contributed by atoms with Crippen LogP contribution < -0.4 is 4.74 Å². The average molecular weight is 318 g/mol. The molecule has 2 aromatic carbocycles. The predicted molar refractivity (Wildman–Crippen MR) is 85.2 cm³/mol. The van der Waals surface area contributed by atoms with Crippen LogP contribution in [0.4, 0.5) is 13.2 Å². The van der Waals surface area contributed by atoms with Gasteiger partial charge in [-0.1, -0.05) is 37.3 Å². The number of hydrogen-bond acceptors (Lipinski definition) is 1. The molecule has 1 nitrogen and oxygen atoms in total. The Kier molecular flexibility index (Phi) is 4.16. The van der Waals surface area contributed by atoms with Gasteiger partial charge in [0.05, 0.1) is 5.56 Å². The van der Waals surface area contributed by atoms with Crippen LogP contribution in [0.2, 0.25) is 0 Å². The first-order chi connectivity index (χ1) is 11.0. The summed E-state index contributed by atoms with van der Waals surface area (Å²) in [4.78, 5) is 0. The molecule has 0 aromatic heterocycles. The van der Waals surface area contributed by atoms with Crippen molar-refractivity contribution >= 4 is 6.08 Å². The van der Waals surface area contributed by atoms with E-state index in [1.165, 1.54) is 12.1 Å². The van der Waals surface area contributed by atoms with E-state index in [0.717, 1.165) is 47.4 Å². The van der Waals surface area contributed by atoms with Crippen molar-refractivity contribution < 1.29 is 17.9 Å². The minimum absolute atomic E-state index is 0.171. The van der Waals surface area contributed by atoms with Crippen molar-refractivity contribution in [2.24, 2.45) is 0 Å². The molecule has 1 atom stereocenters. The first-order valence-electron chi connectivity index (χ1n) is 7.62. The summed E-state index contributed by atoms with van der Waals surface area (Å²) < 4.78 is 43.9. The highest BCUT2D eigenvalue weighted by Gasteiger charge is 2.30. The normalized spacial score (nSPS) is 17.3. The van der Waals surface area contributed by atoms with E-state index in [1.807, 2.05) is 24.3 Å². The standard InChI is InChI=1S/C19H17F3O/c1-2-17-5-3-4-15-12-14(8-11-18(15)23-17)13-6-9-16(10-7-13)19(20,21)22/h3-4,6-12,17H,2,5H2,1H3. The minimum Gasteiger partial charge on any atom is -0.489 e. The number of fused-ring (bicyclic) bond motifs is 1. The fourth-order valence-electron chi connectivity index (χ4n) is 2.64. The molecular weight excluding hydrogens is 301 g/mol. The molecule has 0 fully saturated rings. The molecule has 3 rings (SSSR count). The SMILES string of the molecule is CCC1CC=Cc2cc(-c3ccc(C(F)(F)F)cc3)ccc2O1. The van der Waals surface area contributed by atoms with Crippen LogP contribution in [0.1, 0.15) is 30.9 Å². The summed E-state index contributed by atoms with van der Waals surface area (Å²) in [6.45, 7) is 2.08. The van der Waals surface area contributed by atoms with E-state index in [9.17, 15) is 13.2 Å². The van der Waals surface area contributed by atoms with Gasteiger partial charge < -0.3 is 4.74 Å². The number of alkyl halides is 3. The van der Waals surface area contributed by atoms with Gasteiger partial charge in [0.15, 0.2) is 0 Å². The Hall–Kier alpha value is -2.23. The molecule has 0 saturated heterocycles. The highest BCUT2D eigenvalue weighted by atomic mass is 19.4. The number of benzene rings is 2. The van der Waals surface area contributed by atoms with Crippen molar-refractivity contribution in [3.05, 3.63) is 59.7 Å². The fraction of sp³-hybridized carbons (Fsp3) is 0.263. The van der Waals surface area contributed by atoms with Crippen molar-refractivity contribution in [3.63, 3.8) is 0 Å². The molecule has 0 saturated carbocycles. The van der Waals surface area contributed by atoms with Gasteiger partial charge in [-0.25, -0.2) is 0 Å². The number of hydrogen-bond donors (Lipinski definition) is 0. The second-order valence-electron chi connectivity index (χ2n) is 5.61. The molecule has 120 valence electrons. The topological polar surface area (TPSA) is 9.23 Å². The van der Waals surface area contributed by atoms with Crippen molar-refractivity contribution in [1.29, 1.82) is 0 Å². The predicted octanol–water partition coefficient (Wildman–Crippen LogP) is 5.95. The monoisotopic (exact) mass is 318 g/mol. The van der Waals surface area contributed by atoms with Gasteiger partial charge in [-0.05, 0) is 41.8 Å². The molecule has 0 bridgehead atoms. The molecular formula is C19H17F3O. The van der Waals surface area contributed by atoms with E-state index >= 15 is 0 Å². The third-order valence-corrected chi connectivity index (χ3v) is 4.00. The Labute approximate surface area is 133 Å². The highest BCUT2D eigenvalue weighted by molar-refractivity contribution is 5.71. The third-order valence-electron chi connectivity index (χ3n) is 4.00. The zero-order chi connectivity index (χ0) is 16.4. The van der Waals surface area contributed by atoms with Gasteiger partial charge in [0.1, 0.15) is 11.9 Å². The van der Waals surface area contributed by atoms with Crippen LogP contribution in [0, 0.1) is 0 Å². The van der Waals surface area contributed by atoms with E-state index in [4.69, 9.17) is 4.74 Å². The summed E-state index contributed by atoms with van der Waals surface area (Å²) in [5, 5.41) is 0. The Bertz CT molecular complexity index is 714. The number of halogens is 3. The van der Waals surface area contributed by atoms with Crippen LogP contribution >= 0.6 is 0 Å². The summed E-state index contributed by atoms with van der Waals surface area (Å²) in [6, 6.07) is 10.9. The zero-order valence-corrected chi connectivity index (χ0v) is 12.7. The van der Waals surface area contributed by atoms with Crippen molar-refractivity contribution in [2.45, 2.75) is 32.0 Å². The maximum Gasteiger partial charge on any atom is 0.416 e. The largest absolute Gasteiger partial charge is 0.489 e. The van der Waals surface area contributed by atoms with Crippen LogP contribution in [0.5, 0.6) is 5.75 Å². The summed E-state index contributed by atoms with van der Waals surface area (Å²) in [5.41, 5.74) is 1.95. The molecule has 4 heteroatoms. The van der Waals surface area contributed by atoms with Gasteiger partial charge in [0, 0.05) is 12.0 Å². The Morgan fingerprint density at radius 3 is 2.39 bits per heavy atom. The van der Waals surface area contributed by atoms with Crippen LogP contribution in [0.3, 0.4) is 0 Å². The molecule has 2 aromatic rings. The van der Waals surface area contributed by atoms with Gasteiger partial charge in [-0.2, -0.15) is 13.2 Å². The summed E-state index contributed by atoms with van der Waals surface area (Å²) in [5.74, 6) is 0.821. The lowest BCUT2D eigenvalue weighted by Gasteiger charge is -2.16. The van der Waals surface area contributed by atoms with Crippen molar-refractivity contribution in [2.75, 3.05) is 0 Å². The molecule has 0 aliphatic carbocycles. The number of rotatable bonds is 2. The molecule has 23 heavy (non-hydrogen) atoms. The van der Waals surface area contributed by atoms with Gasteiger partial charge >= 0.3 is 6.18 Å². The first kappa shape index (κ1) is 15.7. The lowest BCUT2D eigenvalue weighted by atomic mass is 10.0. The van der Waals surface area contributed by atoms with E-state index in [2.05, 4.69) is 13.0 Å². The smallest absolute Gasteiger partial charge is 0.416 e. The van der Waals surface area contributed by atoms with E-state index < -0.39 is 11.7 Å². The van der Waals surface area contributed by atoms with E-state index in [0.29, 0.717) is 0 Å². The van der Waals surface area contributed by atoms with Crippen LogP contribution in [0.15, 0.2) is 48.5 Å². The maximum absolute atomic E-state index is 12.6. The lowest BCUT2D eigenvalue weighted by molar-refractivity contribution is -0.137. The molecule has 1 aliphatic heterocycles. The minimum atomic E-state index is -4.31. The average Bonchev–Trinajstić information content (AvgIpc) is 2.75. The van der Waals surface area contributed by atoms with E-state index in [-0.39, 0.29) is 6.10 Å². The van der Waals surface area contributed by atoms with E-state index in [1.54, 1.807) is 0 Å². The maximum atomic E-state index is 12.6. The number of ether oxygens (including phenoxy) is 1.